The fourth-order valence-corrected chi connectivity index (χ4v) is 5.24. The molecule has 0 fully saturated rings. The summed E-state index contributed by atoms with van der Waals surface area (Å²) in [6.45, 7) is 5.47. The van der Waals surface area contributed by atoms with Crippen molar-refractivity contribution in [2.45, 2.75) is 31.4 Å². The van der Waals surface area contributed by atoms with Crippen LogP contribution in [0.25, 0.3) is 0 Å². The largest absolute Gasteiger partial charge is 0.496 e. The molecule has 1 amide bonds. The highest BCUT2D eigenvalue weighted by Crippen LogP contribution is 2.38. The molecule has 146 valence electrons. The van der Waals surface area contributed by atoms with Crippen LogP contribution in [0.1, 0.15) is 23.7 Å². The average molecular weight is 433 g/mol. The molecule has 0 N–H and O–H groups in total. The average Bonchev–Trinajstić information content (AvgIpc) is 3.11. The minimum Gasteiger partial charge on any atom is -0.496 e. The van der Waals surface area contributed by atoms with E-state index in [0.717, 1.165) is 27.5 Å². The van der Waals surface area contributed by atoms with Gasteiger partial charge in [-0.3, -0.25) is 9.69 Å². The van der Waals surface area contributed by atoms with E-state index >= 15 is 0 Å². The number of hydrogen-bond acceptors (Lipinski definition) is 5. The molecule has 0 radical (unpaired) electrons. The van der Waals surface area contributed by atoms with E-state index in [1.807, 2.05) is 55.6 Å². The molecule has 0 atom stereocenters. The highest BCUT2D eigenvalue weighted by atomic mass is 35.5. The number of benzene rings is 2. The summed E-state index contributed by atoms with van der Waals surface area (Å²) < 4.78 is 5.40. The minimum atomic E-state index is -0.118. The van der Waals surface area contributed by atoms with Gasteiger partial charge >= 0.3 is 0 Å². The van der Waals surface area contributed by atoms with Crippen LogP contribution in [0.4, 0.5) is 10.8 Å². The fraction of sp³-hybridized carbons (Fsp3) is 0.238. The summed E-state index contributed by atoms with van der Waals surface area (Å²) in [7, 11) is 1.67. The monoisotopic (exact) mass is 432 g/mol. The van der Waals surface area contributed by atoms with Crippen molar-refractivity contribution in [1.82, 2.24) is 4.98 Å². The smallest absolute Gasteiger partial charge is 0.230 e. The maximum absolute atomic E-state index is 12.4. The first-order valence-electron chi connectivity index (χ1n) is 8.68. The number of nitrogens with zero attached hydrogens (tertiary/aromatic N) is 2. The summed E-state index contributed by atoms with van der Waals surface area (Å²) in [6.07, 6.45) is 0. The lowest BCUT2D eigenvalue weighted by Crippen LogP contribution is -2.24. The predicted molar refractivity (Wildman–Crippen MR) is 118 cm³/mol. The second-order valence-corrected chi connectivity index (χ2v) is 8.59. The van der Waals surface area contributed by atoms with Crippen LogP contribution in [0.15, 0.2) is 46.7 Å². The van der Waals surface area contributed by atoms with E-state index < -0.39 is 0 Å². The van der Waals surface area contributed by atoms with E-state index in [0.29, 0.717) is 21.6 Å². The van der Waals surface area contributed by atoms with E-state index in [4.69, 9.17) is 16.3 Å². The van der Waals surface area contributed by atoms with Crippen LogP contribution < -0.4 is 9.64 Å². The van der Waals surface area contributed by atoms with Gasteiger partial charge in [-0.25, -0.2) is 4.98 Å². The quantitative estimate of drug-likeness (QED) is 0.422. The number of aryl methyl sites for hydroxylation is 2. The Bertz CT molecular complexity index is 981. The van der Waals surface area contributed by atoms with Crippen LogP contribution >= 0.6 is 34.7 Å². The number of carbonyl (C=O) groups excluding carboxylic acids is 1. The van der Waals surface area contributed by atoms with Crippen LogP contribution in [0, 0.1) is 13.8 Å². The lowest BCUT2D eigenvalue weighted by molar-refractivity contribution is -0.115. The van der Waals surface area contributed by atoms with Gasteiger partial charge in [-0.15, -0.1) is 23.1 Å². The highest BCUT2D eigenvalue weighted by Gasteiger charge is 2.22. The first-order chi connectivity index (χ1) is 13.4. The molecule has 0 spiro atoms. The van der Waals surface area contributed by atoms with Crippen molar-refractivity contribution >= 4 is 51.4 Å². The summed E-state index contributed by atoms with van der Waals surface area (Å²) in [5, 5.41) is 3.15. The van der Waals surface area contributed by atoms with Crippen LogP contribution in [0.5, 0.6) is 5.75 Å². The molecule has 1 aromatic heterocycles. The number of anilines is 2. The maximum Gasteiger partial charge on any atom is 0.230 e. The van der Waals surface area contributed by atoms with Crippen molar-refractivity contribution in [3.05, 3.63) is 63.6 Å². The topological polar surface area (TPSA) is 42.4 Å². The first kappa shape index (κ1) is 20.7. The van der Waals surface area contributed by atoms with Crippen molar-refractivity contribution in [2.24, 2.45) is 0 Å². The Kier molecular flexibility index (Phi) is 6.65. The molecule has 0 saturated carbocycles. The molecule has 2 aromatic carbocycles. The molecule has 0 aliphatic rings. The third kappa shape index (κ3) is 4.51. The fourth-order valence-electron chi connectivity index (χ4n) is 2.93. The number of methoxy groups -OCH3 is 1. The second-order valence-electron chi connectivity index (χ2n) is 6.33. The number of ether oxygens (including phenoxy) is 1. The number of carbonyl (C=O) groups is 1. The zero-order valence-electron chi connectivity index (χ0n) is 16.2. The van der Waals surface area contributed by atoms with E-state index in [-0.39, 0.29) is 5.91 Å². The standard InChI is InChI=1S/C21H21ClN2O2S2/c1-13-9-14(2)20(17(22)10-13)24(15(3)25)21-23-16(12-28-21)11-27-19-8-6-5-7-18(19)26-4/h5-10,12H,11H2,1-4H3. The van der Waals surface area contributed by atoms with Gasteiger partial charge < -0.3 is 4.74 Å². The van der Waals surface area contributed by atoms with Crippen molar-refractivity contribution in [3.63, 3.8) is 0 Å². The maximum atomic E-state index is 12.4. The van der Waals surface area contributed by atoms with Crippen molar-refractivity contribution in [1.29, 1.82) is 0 Å². The Morgan fingerprint density at radius 2 is 2.04 bits per heavy atom. The molecule has 0 aliphatic carbocycles. The van der Waals surface area contributed by atoms with Crippen LogP contribution in [-0.2, 0) is 10.5 Å². The summed E-state index contributed by atoms with van der Waals surface area (Å²) in [4.78, 5) is 19.8. The SMILES string of the molecule is COc1ccccc1SCc1csc(N(C(C)=O)c2c(C)cc(C)cc2Cl)n1. The van der Waals surface area contributed by atoms with Crippen LogP contribution in [0.3, 0.4) is 0 Å². The molecule has 0 unspecified atom stereocenters. The number of thioether (sulfide) groups is 1. The zero-order chi connectivity index (χ0) is 20.3. The van der Waals surface area contributed by atoms with E-state index in [1.54, 1.807) is 23.8 Å². The molecule has 28 heavy (non-hydrogen) atoms. The van der Waals surface area contributed by atoms with Gasteiger partial charge in [0.1, 0.15) is 5.75 Å². The second kappa shape index (κ2) is 8.99. The Hall–Kier alpha value is -2.02. The molecule has 3 aromatic rings. The number of para-hydroxylation sites is 1. The van der Waals surface area contributed by atoms with E-state index in [2.05, 4.69) is 4.98 Å². The zero-order valence-corrected chi connectivity index (χ0v) is 18.5. The third-order valence-corrected chi connectivity index (χ3v) is 6.36. The number of aromatic nitrogens is 1. The summed E-state index contributed by atoms with van der Waals surface area (Å²) in [5.74, 6) is 1.41. The first-order valence-corrected chi connectivity index (χ1v) is 10.9. The van der Waals surface area contributed by atoms with Gasteiger partial charge in [-0.2, -0.15) is 0 Å². The minimum absolute atomic E-state index is 0.118. The Labute approximate surface area is 178 Å². The molecule has 1 heterocycles. The van der Waals surface area contributed by atoms with Gasteiger partial charge in [0.25, 0.3) is 0 Å². The van der Waals surface area contributed by atoms with Gasteiger partial charge in [-0.1, -0.05) is 29.8 Å². The molecular weight excluding hydrogens is 412 g/mol. The van der Waals surface area contributed by atoms with E-state index in [9.17, 15) is 4.79 Å². The Morgan fingerprint density at radius 3 is 2.71 bits per heavy atom. The van der Waals surface area contributed by atoms with Gasteiger partial charge in [-0.05, 0) is 43.2 Å². The summed E-state index contributed by atoms with van der Waals surface area (Å²) in [5.41, 5.74) is 3.60. The lowest BCUT2D eigenvalue weighted by atomic mass is 10.1. The van der Waals surface area contributed by atoms with Crippen molar-refractivity contribution in [3.8, 4) is 5.75 Å². The Morgan fingerprint density at radius 1 is 1.29 bits per heavy atom. The molecular formula is C21H21ClN2O2S2. The van der Waals surface area contributed by atoms with E-state index in [1.165, 1.54) is 18.3 Å². The summed E-state index contributed by atoms with van der Waals surface area (Å²) >= 11 is 9.56. The molecule has 7 heteroatoms. The van der Waals surface area contributed by atoms with Crippen molar-refractivity contribution < 1.29 is 9.53 Å². The molecule has 0 saturated heterocycles. The third-order valence-electron chi connectivity index (χ3n) is 4.11. The number of rotatable bonds is 6. The van der Waals surface area contributed by atoms with Gasteiger partial charge in [0.15, 0.2) is 5.13 Å². The summed E-state index contributed by atoms with van der Waals surface area (Å²) in [6, 6.07) is 11.8. The molecule has 4 nitrogen and oxygen atoms in total. The van der Waals surface area contributed by atoms with Crippen LogP contribution in [0.2, 0.25) is 5.02 Å². The molecule has 0 aliphatic heterocycles. The van der Waals surface area contributed by atoms with Gasteiger partial charge in [0, 0.05) is 23.0 Å². The number of hydrogen-bond donors (Lipinski definition) is 0. The number of thiazole rings is 1. The normalized spacial score (nSPS) is 10.8. The predicted octanol–water partition coefficient (Wildman–Crippen LogP) is 6.40. The highest BCUT2D eigenvalue weighted by molar-refractivity contribution is 7.98. The van der Waals surface area contributed by atoms with Gasteiger partial charge in [0.05, 0.1) is 23.5 Å². The number of amides is 1. The lowest BCUT2D eigenvalue weighted by Gasteiger charge is -2.22. The van der Waals surface area contributed by atoms with Gasteiger partial charge in [0.2, 0.25) is 5.91 Å². The molecule has 3 rings (SSSR count). The Balaban J connectivity index is 1.86. The van der Waals surface area contributed by atoms with Crippen molar-refractivity contribution in [2.75, 3.05) is 12.0 Å². The number of halogens is 1. The molecule has 0 bridgehead atoms. The van der Waals surface area contributed by atoms with Crippen LogP contribution in [-0.4, -0.2) is 18.0 Å².